The molecule has 1 unspecified atom stereocenters. The molecule has 0 bridgehead atoms. The van der Waals surface area contributed by atoms with Crippen LogP contribution in [0.4, 0.5) is 0 Å². The predicted molar refractivity (Wildman–Crippen MR) is 94.3 cm³/mol. The largest absolute Gasteiger partial charge is 0.493 e. The molecule has 1 N–H and O–H groups in total. The van der Waals surface area contributed by atoms with Crippen molar-refractivity contribution in [3.8, 4) is 5.75 Å². The molecule has 114 valence electrons. The van der Waals surface area contributed by atoms with Crippen LogP contribution in [-0.2, 0) is 6.54 Å². The molecule has 0 fully saturated rings. The highest BCUT2D eigenvalue weighted by molar-refractivity contribution is 9.10. The zero-order valence-electron chi connectivity index (χ0n) is 12.3. The van der Waals surface area contributed by atoms with Gasteiger partial charge in [-0.1, -0.05) is 36.4 Å². The van der Waals surface area contributed by atoms with Crippen molar-refractivity contribution < 1.29 is 4.74 Å². The summed E-state index contributed by atoms with van der Waals surface area (Å²) in [4.78, 5) is 0. The molecule has 0 amide bonds. The van der Waals surface area contributed by atoms with E-state index in [0.29, 0.717) is 12.6 Å². The van der Waals surface area contributed by atoms with Crippen molar-refractivity contribution in [1.29, 1.82) is 0 Å². The van der Waals surface area contributed by atoms with E-state index in [1.165, 1.54) is 11.1 Å². The Balaban J connectivity index is 0.00000220. The highest BCUT2D eigenvalue weighted by Crippen LogP contribution is 2.26. The Morgan fingerprint density at radius 3 is 2.48 bits per heavy atom. The lowest BCUT2D eigenvalue weighted by atomic mass is 10.1. The number of ether oxygens (including phenoxy) is 1. The van der Waals surface area contributed by atoms with E-state index in [1.54, 1.807) is 0 Å². The van der Waals surface area contributed by atoms with Gasteiger partial charge in [0.15, 0.2) is 0 Å². The number of hydrogen-bond donors (Lipinski definition) is 1. The fourth-order valence-corrected chi connectivity index (χ4v) is 2.60. The van der Waals surface area contributed by atoms with Gasteiger partial charge in [0.2, 0.25) is 0 Å². The van der Waals surface area contributed by atoms with Crippen molar-refractivity contribution >= 4 is 28.3 Å². The molecule has 0 aliphatic rings. The summed E-state index contributed by atoms with van der Waals surface area (Å²) >= 11 is 3.55. The molecule has 0 heterocycles. The van der Waals surface area contributed by atoms with Crippen LogP contribution in [-0.4, -0.2) is 6.61 Å². The summed E-state index contributed by atoms with van der Waals surface area (Å²) in [5.41, 5.74) is 2.54. The summed E-state index contributed by atoms with van der Waals surface area (Å²) in [6.07, 6.45) is 0. The topological polar surface area (TPSA) is 21.3 Å². The first-order valence-electron chi connectivity index (χ1n) is 6.90. The van der Waals surface area contributed by atoms with Gasteiger partial charge in [0.05, 0.1) is 11.1 Å². The normalized spacial score (nSPS) is 11.6. The maximum atomic E-state index is 5.52. The third-order valence-electron chi connectivity index (χ3n) is 3.21. The van der Waals surface area contributed by atoms with Crippen molar-refractivity contribution in [2.45, 2.75) is 26.4 Å². The first-order chi connectivity index (χ1) is 9.70. The van der Waals surface area contributed by atoms with Crippen LogP contribution in [0.15, 0.2) is 53.0 Å². The summed E-state index contributed by atoms with van der Waals surface area (Å²) in [6.45, 7) is 5.69. The van der Waals surface area contributed by atoms with Crippen LogP contribution in [0.5, 0.6) is 5.75 Å². The van der Waals surface area contributed by atoms with Gasteiger partial charge in [-0.25, -0.2) is 0 Å². The molecule has 0 radical (unpaired) electrons. The highest BCUT2D eigenvalue weighted by Gasteiger charge is 2.06. The monoisotopic (exact) mass is 369 g/mol. The van der Waals surface area contributed by atoms with E-state index in [2.05, 4.69) is 64.6 Å². The fraction of sp³-hybridized carbons (Fsp3) is 0.294. The van der Waals surface area contributed by atoms with Gasteiger partial charge in [0.25, 0.3) is 0 Å². The van der Waals surface area contributed by atoms with Gasteiger partial charge in [-0.05, 0) is 53.0 Å². The van der Waals surface area contributed by atoms with Crippen LogP contribution >= 0.6 is 28.3 Å². The molecule has 4 heteroatoms. The molecule has 2 nitrogen and oxygen atoms in total. The number of halogens is 2. The smallest absolute Gasteiger partial charge is 0.133 e. The van der Waals surface area contributed by atoms with Crippen LogP contribution in [0.25, 0.3) is 0 Å². The second-order valence-electron chi connectivity index (χ2n) is 4.71. The zero-order valence-corrected chi connectivity index (χ0v) is 14.7. The van der Waals surface area contributed by atoms with Gasteiger partial charge in [-0.2, -0.15) is 0 Å². The van der Waals surface area contributed by atoms with E-state index >= 15 is 0 Å². The van der Waals surface area contributed by atoms with Crippen molar-refractivity contribution in [3.05, 3.63) is 64.1 Å². The van der Waals surface area contributed by atoms with E-state index < -0.39 is 0 Å². The van der Waals surface area contributed by atoms with Gasteiger partial charge >= 0.3 is 0 Å². The van der Waals surface area contributed by atoms with Crippen LogP contribution in [0.3, 0.4) is 0 Å². The van der Waals surface area contributed by atoms with Crippen molar-refractivity contribution in [2.24, 2.45) is 0 Å². The number of nitrogens with one attached hydrogen (secondary N) is 1. The lowest BCUT2D eigenvalue weighted by molar-refractivity contribution is 0.338. The van der Waals surface area contributed by atoms with Crippen LogP contribution < -0.4 is 10.1 Å². The highest BCUT2D eigenvalue weighted by atomic mass is 79.9. The second kappa shape index (κ2) is 9.08. The molecule has 2 aromatic carbocycles. The first-order valence-corrected chi connectivity index (χ1v) is 7.69. The van der Waals surface area contributed by atoms with E-state index in [0.717, 1.165) is 16.8 Å². The van der Waals surface area contributed by atoms with E-state index in [4.69, 9.17) is 4.74 Å². The molecule has 0 aliphatic carbocycles. The molecular formula is C17H21BrClNO. The third kappa shape index (κ3) is 5.34. The molecule has 1 atom stereocenters. The summed E-state index contributed by atoms with van der Waals surface area (Å²) in [6, 6.07) is 17.0. The van der Waals surface area contributed by atoms with Crippen LogP contribution in [0.2, 0.25) is 0 Å². The molecule has 21 heavy (non-hydrogen) atoms. The molecule has 2 rings (SSSR count). The minimum Gasteiger partial charge on any atom is -0.493 e. The average Bonchev–Trinajstić information content (AvgIpc) is 2.48. The average molecular weight is 371 g/mol. The standard InChI is InChI=1S/C17H20BrNO.ClH/c1-3-20-17-10-9-14(11-16(17)18)12-19-13(2)15-7-5-4-6-8-15;/h4-11,13,19H,3,12H2,1-2H3;1H. The van der Waals surface area contributed by atoms with Crippen LogP contribution in [0.1, 0.15) is 31.0 Å². The molecule has 0 saturated carbocycles. The maximum Gasteiger partial charge on any atom is 0.133 e. The molecule has 0 aliphatic heterocycles. The molecule has 0 spiro atoms. The summed E-state index contributed by atoms with van der Waals surface area (Å²) < 4.78 is 6.52. The Hall–Kier alpha value is -1.03. The molecule has 0 saturated heterocycles. The Labute approximate surface area is 141 Å². The van der Waals surface area contributed by atoms with Gasteiger partial charge in [-0.15, -0.1) is 12.4 Å². The minimum absolute atomic E-state index is 0. The second-order valence-corrected chi connectivity index (χ2v) is 5.57. The lowest BCUT2D eigenvalue weighted by Gasteiger charge is -2.15. The maximum absolute atomic E-state index is 5.52. The lowest BCUT2D eigenvalue weighted by Crippen LogP contribution is -2.17. The van der Waals surface area contributed by atoms with Gasteiger partial charge < -0.3 is 10.1 Å². The van der Waals surface area contributed by atoms with Crippen molar-refractivity contribution in [1.82, 2.24) is 5.32 Å². The summed E-state index contributed by atoms with van der Waals surface area (Å²) in [5, 5.41) is 3.53. The molecule has 2 aromatic rings. The van der Waals surface area contributed by atoms with Gasteiger partial charge in [0, 0.05) is 12.6 Å². The minimum atomic E-state index is 0. The first kappa shape index (κ1) is 18.0. The van der Waals surface area contributed by atoms with Crippen LogP contribution in [0, 0.1) is 0 Å². The number of rotatable bonds is 6. The fourth-order valence-electron chi connectivity index (χ4n) is 2.06. The third-order valence-corrected chi connectivity index (χ3v) is 3.83. The SMILES string of the molecule is CCOc1ccc(CNC(C)c2ccccc2)cc1Br.Cl. The summed E-state index contributed by atoms with van der Waals surface area (Å²) in [5.74, 6) is 0.896. The summed E-state index contributed by atoms with van der Waals surface area (Å²) in [7, 11) is 0. The van der Waals surface area contributed by atoms with Crippen molar-refractivity contribution in [2.75, 3.05) is 6.61 Å². The Morgan fingerprint density at radius 1 is 1.14 bits per heavy atom. The molecule has 0 aromatic heterocycles. The van der Waals surface area contributed by atoms with E-state index in [-0.39, 0.29) is 12.4 Å². The quantitative estimate of drug-likeness (QED) is 0.762. The van der Waals surface area contributed by atoms with E-state index in [9.17, 15) is 0 Å². The molecular weight excluding hydrogens is 350 g/mol. The van der Waals surface area contributed by atoms with E-state index in [1.807, 2.05) is 19.1 Å². The number of benzene rings is 2. The number of hydrogen-bond acceptors (Lipinski definition) is 2. The Bertz CT molecular complexity index is 548. The zero-order chi connectivity index (χ0) is 14.4. The predicted octanol–water partition coefficient (Wildman–Crippen LogP) is 5.12. The van der Waals surface area contributed by atoms with Gasteiger partial charge in [-0.3, -0.25) is 0 Å². The van der Waals surface area contributed by atoms with Crippen molar-refractivity contribution in [3.63, 3.8) is 0 Å². The van der Waals surface area contributed by atoms with Gasteiger partial charge in [0.1, 0.15) is 5.75 Å². The Kier molecular flexibility index (Phi) is 7.79. The Morgan fingerprint density at radius 2 is 1.86 bits per heavy atom.